The molecule has 0 N–H and O–H groups in total. The molecule has 3 aromatic heterocycles. The van der Waals surface area contributed by atoms with Crippen molar-refractivity contribution in [3.63, 3.8) is 0 Å². The first kappa shape index (κ1) is 46.2. The number of benzene rings is 11. The number of para-hydroxylation sites is 3. The van der Waals surface area contributed by atoms with Gasteiger partial charge in [-0.15, -0.1) is 11.3 Å². The molecule has 0 unspecified atom stereocenters. The summed E-state index contributed by atoms with van der Waals surface area (Å²) in [4.78, 5) is 0. The van der Waals surface area contributed by atoms with Gasteiger partial charge in [-0.05, 0) is 86.8 Å². The van der Waals surface area contributed by atoms with E-state index in [0.29, 0.717) is 0 Å². The number of fused-ring (bicyclic) bond motifs is 9. The van der Waals surface area contributed by atoms with E-state index in [4.69, 9.17) is 0 Å². The maximum Gasteiger partial charge on any atom is 0.179 e. The standard InChI is InChI=1S/C73H52N2SSi/c1-3-5-26-50(4-2)63-48-56(77(53-29-12-7-13-30-53,54-31-14-8-15-32-54)55-33-16-9-17-34-55)49-64(51-27-10-6-11-28-51)73(63)75-67-42-22-19-36-58(67)65-47-52(45-46-68(65)75)74-66-41-21-18-35-57(66)60-39-24-40-61(72(60)74)59-38-25-44-70-71(59)62-37-20-23-43-69(62)76-70/h3-49H,1H2,2H3/b26-5-,50-4+. The Hall–Kier alpha value is -9.32. The van der Waals surface area contributed by atoms with Gasteiger partial charge >= 0.3 is 0 Å². The Morgan fingerprint density at radius 1 is 0.429 bits per heavy atom. The van der Waals surface area contributed by atoms with Crippen LogP contribution in [-0.2, 0) is 0 Å². The molecular formula is C73H52N2SSi. The zero-order valence-electron chi connectivity index (χ0n) is 42.6. The molecule has 0 aliphatic carbocycles. The lowest BCUT2D eigenvalue weighted by Gasteiger charge is -2.36. The highest BCUT2D eigenvalue weighted by atomic mass is 32.1. The summed E-state index contributed by atoms with van der Waals surface area (Å²) in [6.07, 6.45) is 8.45. The Morgan fingerprint density at radius 2 is 0.961 bits per heavy atom. The number of hydrogen-bond donors (Lipinski definition) is 0. The minimum absolute atomic E-state index is 1.12. The summed E-state index contributed by atoms with van der Waals surface area (Å²) in [6.45, 7) is 6.32. The van der Waals surface area contributed by atoms with Crippen LogP contribution >= 0.6 is 11.3 Å². The van der Waals surface area contributed by atoms with Gasteiger partial charge in [0.25, 0.3) is 0 Å². The van der Waals surface area contributed by atoms with E-state index in [1.807, 2.05) is 17.4 Å². The Kier molecular flexibility index (Phi) is 11.5. The third-order valence-corrected chi connectivity index (χ3v) is 21.7. The lowest BCUT2D eigenvalue weighted by molar-refractivity contribution is 1.16. The minimum Gasteiger partial charge on any atom is -0.309 e. The quantitative estimate of drug-likeness (QED) is 0.0694. The fraction of sp³-hybridized carbons (Fsp3) is 0.0137. The van der Waals surface area contributed by atoms with Gasteiger partial charge in [0.1, 0.15) is 0 Å². The predicted octanol–water partition coefficient (Wildman–Crippen LogP) is 17.1. The van der Waals surface area contributed by atoms with Crippen molar-refractivity contribution in [1.29, 1.82) is 0 Å². The van der Waals surface area contributed by atoms with Gasteiger partial charge < -0.3 is 9.13 Å². The van der Waals surface area contributed by atoms with Crippen LogP contribution in [0.1, 0.15) is 12.5 Å². The highest BCUT2D eigenvalue weighted by molar-refractivity contribution is 7.26. The number of hydrogen-bond acceptors (Lipinski definition) is 1. The summed E-state index contributed by atoms with van der Waals surface area (Å²) in [7, 11) is -3.02. The number of rotatable bonds is 11. The first-order chi connectivity index (χ1) is 38.1. The van der Waals surface area contributed by atoms with Gasteiger partial charge in [-0.1, -0.05) is 249 Å². The van der Waals surface area contributed by atoms with Crippen molar-refractivity contribution in [1.82, 2.24) is 9.13 Å². The van der Waals surface area contributed by atoms with Crippen molar-refractivity contribution in [2.75, 3.05) is 0 Å². The second-order valence-corrected chi connectivity index (χ2v) is 24.8. The molecule has 0 bridgehead atoms. The summed E-state index contributed by atoms with van der Waals surface area (Å²) in [5.74, 6) is 0. The molecule has 0 saturated carbocycles. The number of nitrogens with zero attached hydrogens (tertiary/aromatic N) is 2. The smallest absolute Gasteiger partial charge is 0.179 e. The van der Waals surface area contributed by atoms with E-state index in [9.17, 15) is 0 Å². The van der Waals surface area contributed by atoms with Crippen LogP contribution in [-0.4, -0.2) is 17.2 Å². The second-order valence-electron chi connectivity index (χ2n) is 19.9. The number of allylic oxidation sites excluding steroid dienone is 5. The molecule has 3 heterocycles. The normalized spacial score (nSPS) is 12.3. The Bertz CT molecular complexity index is 4540. The summed E-state index contributed by atoms with van der Waals surface area (Å²) >= 11 is 1.87. The van der Waals surface area contributed by atoms with Crippen molar-refractivity contribution >= 4 is 110 Å². The second kappa shape index (κ2) is 19.1. The predicted molar refractivity (Wildman–Crippen MR) is 335 cm³/mol. The molecule has 0 aliphatic heterocycles. The lowest BCUT2D eigenvalue weighted by Crippen LogP contribution is -2.74. The van der Waals surface area contributed by atoms with Gasteiger partial charge in [-0.3, -0.25) is 0 Å². The molecule has 4 heteroatoms. The van der Waals surface area contributed by atoms with Crippen molar-refractivity contribution in [3.05, 3.63) is 297 Å². The van der Waals surface area contributed by atoms with Crippen LogP contribution in [0.15, 0.2) is 292 Å². The molecule has 0 amide bonds. The van der Waals surface area contributed by atoms with Crippen LogP contribution in [0.25, 0.3) is 103 Å². The van der Waals surface area contributed by atoms with Gasteiger partial charge in [0.05, 0.1) is 27.8 Å². The molecule has 0 spiro atoms. The maximum absolute atomic E-state index is 4.15. The molecule has 2 nitrogen and oxygen atoms in total. The van der Waals surface area contributed by atoms with Crippen molar-refractivity contribution in [3.8, 4) is 33.6 Å². The zero-order chi connectivity index (χ0) is 51.5. The van der Waals surface area contributed by atoms with Crippen molar-refractivity contribution in [2.24, 2.45) is 0 Å². The molecule has 0 aliphatic rings. The third-order valence-electron chi connectivity index (χ3n) is 15.8. The monoisotopic (exact) mass is 1020 g/mol. The first-order valence-corrected chi connectivity index (χ1v) is 29.3. The summed E-state index contributed by atoms with van der Waals surface area (Å²) in [6, 6.07) is 97.5. The first-order valence-electron chi connectivity index (χ1n) is 26.5. The maximum atomic E-state index is 4.15. The van der Waals surface area contributed by atoms with E-state index in [1.54, 1.807) is 0 Å². The summed E-state index contributed by atoms with van der Waals surface area (Å²) < 4.78 is 7.68. The third kappa shape index (κ3) is 7.36. The Labute approximate surface area is 453 Å². The molecule has 14 aromatic rings. The van der Waals surface area contributed by atoms with Crippen LogP contribution < -0.4 is 20.7 Å². The lowest BCUT2D eigenvalue weighted by atomic mass is 9.94. The SMILES string of the molecule is C=C/C=C\C(=C/C)c1cc([Si](c2ccccc2)(c2ccccc2)c2ccccc2)cc(-c2ccccc2)c1-n1c2ccccc2c2cc(-n3c4ccccc4c4cccc(-c5cccc6sc7ccccc7c56)c43)ccc21. The van der Waals surface area contributed by atoms with E-state index in [-0.39, 0.29) is 0 Å². The van der Waals surface area contributed by atoms with Gasteiger partial charge in [0, 0.05) is 64.1 Å². The average molecular weight is 1020 g/mol. The summed E-state index contributed by atoms with van der Waals surface area (Å²) in [5.41, 5.74) is 14.0. The van der Waals surface area contributed by atoms with E-state index < -0.39 is 8.07 Å². The average Bonchev–Trinajstić information content (AvgIpc) is 4.21. The molecule has 11 aromatic carbocycles. The van der Waals surface area contributed by atoms with Gasteiger partial charge in [0.2, 0.25) is 0 Å². The highest BCUT2D eigenvalue weighted by Crippen LogP contribution is 2.46. The van der Waals surface area contributed by atoms with Crippen molar-refractivity contribution < 1.29 is 0 Å². The van der Waals surface area contributed by atoms with Crippen LogP contribution in [0.4, 0.5) is 0 Å². The number of aromatic nitrogens is 2. The van der Waals surface area contributed by atoms with Crippen LogP contribution in [0.3, 0.4) is 0 Å². The van der Waals surface area contributed by atoms with Crippen LogP contribution in [0.5, 0.6) is 0 Å². The van der Waals surface area contributed by atoms with E-state index >= 15 is 0 Å². The molecule has 0 saturated heterocycles. The van der Waals surface area contributed by atoms with Gasteiger partial charge in [-0.2, -0.15) is 0 Å². The molecule has 14 rings (SSSR count). The van der Waals surface area contributed by atoms with Gasteiger partial charge in [-0.25, -0.2) is 0 Å². The largest absolute Gasteiger partial charge is 0.309 e. The Morgan fingerprint density at radius 3 is 1.62 bits per heavy atom. The van der Waals surface area contributed by atoms with Crippen LogP contribution in [0, 0.1) is 0 Å². The Balaban J connectivity index is 1.09. The van der Waals surface area contributed by atoms with Crippen LogP contribution in [0.2, 0.25) is 0 Å². The highest BCUT2D eigenvalue weighted by Gasteiger charge is 2.42. The topological polar surface area (TPSA) is 9.86 Å². The molecule has 0 radical (unpaired) electrons. The van der Waals surface area contributed by atoms with E-state index in [1.165, 1.54) is 84.6 Å². The number of thiophene rings is 1. The van der Waals surface area contributed by atoms with E-state index in [2.05, 4.69) is 302 Å². The molecule has 77 heavy (non-hydrogen) atoms. The molecule has 0 atom stereocenters. The molecule has 0 fully saturated rings. The minimum atomic E-state index is -3.02. The molecular weight excluding hydrogens is 965 g/mol. The van der Waals surface area contributed by atoms with Crippen molar-refractivity contribution in [2.45, 2.75) is 6.92 Å². The fourth-order valence-electron chi connectivity index (χ4n) is 12.6. The van der Waals surface area contributed by atoms with E-state index in [0.717, 1.165) is 44.7 Å². The summed E-state index contributed by atoms with van der Waals surface area (Å²) in [5, 5.41) is 12.8. The molecule has 364 valence electrons. The van der Waals surface area contributed by atoms with Gasteiger partial charge in [0.15, 0.2) is 8.07 Å². The zero-order valence-corrected chi connectivity index (χ0v) is 44.5. The fourth-order valence-corrected chi connectivity index (χ4v) is 18.5.